The molecular weight excluding hydrogens is 292 g/mol. The van der Waals surface area contributed by atoms with Crippen molar-refractivity contribution < 1.29 is 13.6 Å². The minimum atomic E-state index is 0.237. The monoisotopic (exact) mass is 304 g/mol. The Bertz CT molecular complexity index is 698. The first-order valence-electron chi connectivity index (χ1n) is 6.21. The van der Waals surface area contributed by atoms with Crippen molar-refractivity contribution in [3.63, 3.8) is 0 Å². The summed E-state index contributed by atoms with van der Waals surface area (Å²) in [6.07, 6.45) is 0. The zero-order valence-electron chi connectivity index (χ0n) is 11.2. The van der Waals surface area contributed by atoms with Gasteiger partial charge in [-0.2, -0.15) is 0 Å². The fourth-order valence-corrected chi connectivity index (χ4v) is 2.17. The number of thioether (sulfide) groups is 1. The Hall–Kier alpha value is -2.35. The van der Waals surface area contributed by atoms with Crippen LogP contribution in [0.25, 0.3) is 0 Å². The predicted octanol–water partition coefficient (Wildman–Crippen LogP) is 2.63. The summed E-state index contributed by atoms with van der Waals surface area (Å²) in [4.78, 5) is 0. The number of aryl methyl sites for hydroxylation is 1. The molecule has 0 spiro atoms. The molecule has 0 aliphatic rings. The summed E-state index contributed by atoms with van der Waals surface area (Å²) < 4.78 is 16.2. The topological polar surface area (TPSA) is 87.1 Å². The molecule has 0 radical (unpaired) electrons. The van der Waals surface area contributed by atoms with Gasteiger partial charge >= 0.3 is 0 Å². The van der Waals surface area contributed by atoms with Crippen LogP contribution in [0, 0.1) is 6.92 Å². The molecular formula is C13H12N4O3S. The zero-order chi connectivity index (χ0) is 14.5. The van der Waals surface area contributed by atoms with Crippen LogP contribution in [0.2, 0.25) is 0 Å². The number of aromatic nitrogens is 4. The van der Waals surface area contributed by atoms with Gasteiger partial charge in [0, 0.05) is 6.92 Å². The standard InChI is InChI=1S/C13H12N4O3S/c1-9-14-17-13(19-9)21-8-12-16-15-11(20-12)7-18-10-5-3-2-4-6-10/h2-6H,7-8H2,1H3. The molecule has 0 aliphatic carbocycles. The first kappa shape index (κ1) is 13.6. The molecule has 1 aromatic carbocycles. The summed E-state index contributed by atoms with van der Waals surface area (Å²) in [5.41, 5.74) is 0. The normalized spacial score (nSPS) is 10.7. The van der Waals surface area contributed by atoms with Gasteiger partial charge in [0.1, 0.15) is 5.75 Å². The summed E-state index contributed by atoms with van der Waals surface area (Å²) in [5, 5.41) is 16.0. The van der Waals surface area contributed by atoms with Crippen molar-refractivity contribution in [2.45, 2.75) is 24.5 Å². The van der Waals surface area contributed by atoms with Crippen molar-refractivity contribution in [3.05, 3.63) is 48.0 Å². The number of rotatable bonds is 6. The van der Waals surface area contributed by atoms with Gasteiger partial charge in [0.15, 0.2) is 6.61 Å². The van der Waals surface area contributed by atoms with E-state index < -0.39 is 0 Å². The molecule has 3 rings (SSSR count). The number of hydrogen-bond donors (Lipinski definition) is 0. The highest BCUT2D eigenvalue weighted by Crippen LogP contribution is 2.20. The van der Waals surface area contributed by atoms with Crippen LogP contribution in [0.15, 0.2) is 44.4 Å². The second-order valence-electron chi connectivity index (χ2n) is 4.07. The maximum absolute atomic E-state index is 5.53. The SMILES string of the molecule is Cc1nnc(SCc2nnc(COc3ccccc3)o2)o1. The Morgan fingerprint density at radius 3 is 2.57 bits per heavy atom. The van der Waals surface area contributed by atoms with Crippen LogP contribution in [-0.4, -0.2) is 20.4 Å². The van der Waals surface area contributed by atoms with Crippen LogP contribution >= 0.6 is 11.8 Å². The van der Waals surface area contributed by atoms with E-state index in [-0.39, 0.29) is 6.61 Å². The second kappa shape index (κ2) is 6.40. The van der Waals surface area contributed by atoms with Gasteiger partial charge in [-0.1, -0.05) is 30.0 Å². The third-order valence-electron chi connectivity index (χ3n) is 2.44. The minimum Gasteiger partial charge on any atom is -0.484 e. The molecule has 0 fully saturated rings. The van der Waals surface area contributed by atoms with Gasteiger partial charge in [-0.25, -0.2) is 0 Å². The predicted molar refractivity (Wildman–Crippen MR) is 73.7 cm³/mol. The Morgan fingerprint density at radius 2 is 1.81 bits per heavy atom. The highest BCUT2D eigenvalue weighted by molar-refractivity contribution is 7.98. The third-order valence-corrected chi connectivity index (χ3v) is 3.24. The molecule has 0 saturated heterocycles. The van der Waals surface area contributed by atoms with E-state index in [0.717, 1.165) is 5.75 Å². The molecule has 0 N–H and O–H groups in total. The molecule has 0 aliphatic heterocycles. The molecule has 8 heteroatoms. The van der Waals surface area contributed by atoms with Crippen molar-refractivity contribution in [1.29, 1.82) is 0 Å². The average Bonchev–Trinajstić information content (AvgIpc) is 3.13. The fraction of sp³-hybridized carbons (Fsp3) is 0.231. The number of nitrogens with zero attached hydrogens (tertiary/aromatic N) is 4. The van der Waals surface area contributed by atoms with E-state index in [1.165, 1.54) is 11.8 Å². The van der Waals surface area contributed by atoms with E-state index >= 15 is 0 Å². The molecule has 0 atom stereocenters. The summed E-state index contributed by atoms with van der Waals surface area (Å²) in [6, 6.07) is 9.46. The van der Waals surface area contributed by atoms with Gasteiger partial charge in [0.2, 0.25) is 11.8 Å². The van der Waals surface area contributed by atoms with Gasteiger partial charge in [-0.05, 0) is 12.1 Å². The first-order valence-corrected chi connectivity index (χ1v) is 7.20. The Kier molecular flexibility index (Phi) is 4.15. The number of benzene rings is 1. The highest BCUT2D eigenvalue weighted by atomic mass is 32.2. The van der Waals surface area contributed by atoms with Gasteiger partial charge in [0.25, 0.3) is 11.1 Å². The van der Waals surface area contributed by atoms with Gasteiger partial charge in [-0.15, -0.1) is 20.4 Å². The molecule has 0 amide bonds. The van der Waals surface area contributed by atoms with Crippen LogP contribution in [0.4, 0.5) is 0 Å². The molecule has 0 unspecified atom stereocenters. The molecule has 21 heavy (non-hydrogen) atoms. The maximum Gasteiger partial charge on any atom is 0.277 e. The number of ether oxygens (including phenoxy) is 1. The van der Waals surface area contributed by atoms with Gasteiger partial charge in [0.05, 0.1) is 5.75 Å². The number of hydrogen-bond acceptors (Lipinski definition) is 8. The first-order chi connectivity index (χ1) is 10.3. The molecule has 0 bridgehead atoms. The Balaban J connectivity index is 1.51. The molecule has 2 aromatic heterocycles. The third kappa shape index (κ3) is 3.82. The van der Waals surface area contributed by atoms with Crippen molar-refractivity contribution in [2.24, 2.45) is 0 Å². The lowest BCUT2D eigenvalue weighted by Crippen LogP contribution is -1.95. The maximum atomic E-state index is 5.53. The van der Waals surface area contributed by atoms with Crippen LogP contribution in [0.3, 0.4) is 0 Å². The summed E-state index contributed by atoms with van der Waals surface area (Å²) >= 11 is 1.34. The van der Waals surface area contributed by atoms with Crippen molar-refractivity contribution >= 4 is 11.8 Å². The molecule has 108 valence electrons. The van der Waals surface area contributed by atoms with Gasteiger partial charge < -0.3 is 13.6 Å². The van der Waals surface area contributed by atoms with Crippen LogP contribution < -0.4 is 4.74 Å². The molecule has 2 heterocycles. The Labute approximate surface area is 124 Å². The van der Waals surface area contributed by atoms with Crippen LogP contribution in [-0.2, 0) is 12.4 Å². The largest absolute Gasteiger partial charge is 0.484 e. The zero-order valence-corrected chi connectivity index (χ0v) is 12.0. The summed E-state index contributed by atoms with van der Waals surface area (Å²) in [7, 11) is 0. The second-order valence-corrected chi connectivity index (χ2v) is 4.99. The number of para-hydroxylation sites is 1. The lowest BCUT2D eigenvalue weighted by atomic mass is 10.3. The molecule has 7 nitrogen and oxygen atoms in total. The molecule has 3 aromatic rings. The van der Waals surface area contributed by atoms with Crippen LogP contribution in [0.5, 0.6) is 5.75 Å². The average molecular weight is 304 g/mol. The quantitative estimate of drug-likeness (QED) is 0.642. The Morgan fingerprint density at radius 1 is 1.00 bits per heavy atom. The highest BCUT2D eigenvalue weighted by Gasteiger charge is 2.10. The lowest BCUT2D eigenvalue weighted by molar-refractivity contribution is 0.260. The smallest absolute Gasteiger partial charge is 0.277 e. The summed E-state index contributed by atoms with van der Waals surface area (Å²) in [6.45, 7) is 1.98. The lowest BCUT2D eigenvalue weighted by Gasteiger charge is -2.01. The van der Waals surface area contributed by atoms with Crippen molar-refractivity contribution in [2.75, 3.05) is 0 Å². The summed E-state index contributed by atoms with van der Waals surface area (Å²) in [5.74, 6) is 2.67. The van der Waals surface area contributed by atoms with E-state index in [1.807, 2.05) is 30.3 Å². The van der Waals surface area contributed by atoms with Crippen LogP contribution in [0.1, 0.15) is 17.7 Å². The molecule has 0 saturated carbocycles. The van der Waals surface area contributed by atoms with Crippen molar-refractivity contribution in [1.82, 2.24) is 20.4 Å². The van der Waals surface area contributed by atoms with Gasteiger partial charge in [-0.3, -0.25) is 0 Å². The van der Waals surface area contributed by atoms with Crippen molar-refractivity contribution in [3.8, 4) is 5.75 Å². The fourth-order valence-electron chi connectivity index (χ4n) is 1.53. The van der Waals surface area contributed by atoms with E-state index in [2.05, 4.69) is 20.4 Å². The van der Waals surface area contributed by atoms with E-state index in [4.69, 9.17) is 13.6 Å². The van der Waals surface area contributed by atoms with E-state index in [0.29, 0.717) is 28.6 Å². The minimum absolute atomic E-state index is 0.237. The van der Waals surface area contributed by atoms with E-state index in [1.54, 1.807) is 6.92 Å². The van der Waals surface area contributed by atoms with E-state index in [9.17, 15) is 0 Å².